The molecule has 5 N–H and O–H groups in total. The van der Waals surface area contributed by atoms with Gasteiger partial charge in [0.2, 0.25) is 15.9 Å². The summed E-state index contributed by atoms with van der Waals surface area (Å²) in [7, 11) is -3.91. The van der Waals surface area contributed by atoms with Crippen LogP contribution in [-0.2, 0) is 25.2 Å². The van der Waals surface area contributed by atoms with Crippen molar-refractivity contribution in [1.82, 2.24) is 10.0 Å². The number of hydrogen-bond acceptors (Lipinski definition) is 5. The van der Waals surface area contributed by atoms with Crippen molar-refractivity contribution in [3.8, 4) is 0 Å². The molecule has 2 rings (SSSR count). The van der Waals surface area contributed by atoms with Gasteiger partial charge in [0.15, 0.2) is 5.60 Å². The van der Waals surface area contributed by atoms with E-state index in [4.69, 9.17) is 5.73 Å². The lowest BCUT2D eigenvalue weighted by Gasteiger charge is -2.26. The van der Waals surface area contributed by atoms with Crippen molar-refractivity contribution in [3.63, 3.8) is 0 Å². The van der Waals surface area contributed by atoms with Crippen molar-refractivity contribution in [2.24, 2.45) is 5.73 Å². The van der Waals surface area contributed by atoms with Crippen molar-refractivity contribution in [2.45, 2.75) is 17.4 Å². The molecule has 0 bridgehead atoms. The SMILES string of the molecule is CC(=O)NCCNS(=O)(=O)c1cccc(C(O)(C(N)=O)c2ccccc2)c1. The summed E-state index contributed by atoms with van der Waals surface area (Å²) in [5.41, 5.74) is 3.51. The molecule has 0 aliphatic heterocycles. The van der Waals surface area contributed by atoms with E-state index in [-0.39, 0.29) is 35.0 Å². The highest BCUT2D eigenvalue weighted by molar-refractivity contribution is 7.89. The van der Waals surface area contributed by atoms with E-state index < -0.39 is 21.5 Å². The zero-order valence-electron chi connectivity index (χ0n) is 14.7. The first-order valence-corrected chi connectivity index (χ1v) is 9.58. The number of rotatable bonds is 8. The first-order valence-electron chi connectivity index (χ1n) is 8.10. The van der Waals surface area contributed by atoms with Crippen molar-refractivity contribution in [3.05, 3.63) is 65.7 Å². The van der Waals surface area contributed by atoms with Crippen LogP contribution in [0.15, 0.2) is 59.5 Å². The quantitative estimate of drug-likeness (QED) is 0.463. The van der Waals surface area contributed by atoms with E-state index in [1.807, 2.05) is 0 Å². The number of carbonyl (C=O) groups excluding carboxylic acids is 2. The molecule has 27 heavy (non-hydrogen) atoms. The Bertz CT molecular complexity index is 931. The molecule has 1 unspecified atom stereocenters. The minimum Gasteiger partial charge on any atom is -0.372 e. The average molecular weight is 391 g/mol. The fourth-order valence-corrected chi connectivity index (χ4v) is 3.60. The fourth-order valence-electron chi connectivity index (χ4n) is 2.53. The zero-order valence-corrected chi connectivity index (χ0v) is 15.5. The summed E-state index contributed by atoms with van der Waals surface area (Å²) in [5.74, 6) is -1.30. The standard InChI is InChI=1S/C18H21N3O5S/c1-13(22)20-10-11-21-27(25,26)16-9-5-8-15(12-16)18(24,17(19)23)14-6-3-2-4-7-14/h2-9,12,21,24H,10-11H2,1H3,(H2,19,23)(H,20,22). The molecule has 144 valence electrons. The lowest BCUT2D eigenvalue weighted by molar-refractivity contribution is -0.133. The number of nitrogens with two attached hydrogens (primary N) is 1. The molecule has 1 atom stereocenters. The third-order valence-electron chi connectivity index (χ3n) is 3.90. The van der Waals surface area contributed by atoms with Crippen molar-refractivity contribution >= 4 is 21.8 Å². The molecule has 0 saturated carbocycles. The van der Waals surface area contributed by atoms with Crippen LogP contribution in [0.2, 0.25) is 0 Å². The maximum Gasteiger partial charge on any atom is 0.258 e. The van der Waals surface area contributed by atoms with Gasteiger partial charge in [-0.25, -0.2) is 13.1 Å². The molecule has 0 radical (unpaired) electrons. The third kappa shape index (κ3) is 4.70. The summed E-state index contributed by atoms with van der Waals surface area (Å²) in [6.07, 6.45) is 0. The number of sulfonamides is 1. The maximum atomic E-state index is 12.4. The van der Waals surface area contributed by atoms with E-state index in [2.05, 4.69) is 10.0 Å². The van der Waals surface area contributed by atoms with Gasteiger partial charge in [0.05, 0.1) is 4.90 Å². The van der Waals surface area contributed by atoms with Crippen molar-refractivity contribution < 1.29 is 23.1 Å². The van der Waals surface area contributed by atoms with Crippen LogP contribution in [-0.4, -0.2) is 38.4 Å². The highest BCUT2D eigenvalue weighted by Gasteiger charge is 2.38. The molecule has 9 heteroatoms. The first kappa shape index (κ1) is 20.6. The monoisotopic (exact) mass is 391 g/mol. The Balaban J connectivity index is 2.35. The van der Waals surface area contributed by atoms with Crippen LogP contribution in [0.25, 0.3) is 0 Å². The molecule has 2 aromatic carbocycles. The molecular formula is C18H21N3O5S. The molecule has 0 spiro atoms. The number of nitrogens with one attached hydrogen (secondary N) is 2. The summed E-state index contributed by atoms with van der Waals surface area (Å²) >= 11 is 0. The lowest BCUT2D eigenvalue weighted by atomic mass is 9.86. The van der Waals surface area contributed by atoms with Gasteiger partial charge in [0, 0.05) is 20.0 Å². The normalized spacial score (nSPS) is 13.6. The van der Waals surface area contributed by atoms with Gasteiger partial charge in [0.1, 0.15) is 0 Å². The molecular weight excluding hydrogens is 370 g/mol. The molecule has 0 aliphatic carbocycles. The average Bonchev–Trinajstić information content (AvgIpc) is 2.65. The largest absolute Gasteiger partial charge is 0.372 e. The summed E-state index contributed by atoms with van der Waals surface area (Å²) in [6.45, 7) is 1.45. The predicted molar refractivity (Wildman–Crippen MR) is 98.9 cm³/mol. The minimum atomic E-state index is -3.91. The van der Waals surface area contributed by atoms with Crippen LogP contribution in [0.3, 0.4) is 0 Å². The summed E-state index contributed by atoms with van der Waals surface area (Å²) < 4.78 is 27.2. The maximum absolute atomic E-state index is 12.4. The van der Waals surface area contributed by atoms with Crippen LogP contribution in [0, 0.1) is 0 Å². The Hall–Kier alpha value is -2.75. The second-order valence-electron chi connectivity index (χ2n) is 5.85. The van der Waals surface area contributed by atoms with Gasteiger partial charge in [-0.1, -0.05) is 42.5 Å². The molecule has 0 fully saturated rings. The van der Waals surface area contributed by atoms with E-state index >= 15 is 0 Å². The smallest absolute Gasteiger partial charge is 0.258 e. The number of benzene rings is 2. The Morgan fingerprint density at radius 3 is 2.26 bits per heavy atom. The first-order chi connectivity index (χ1) is 12.7. The molecule has 0 aliphatic rings. The molecule has 0 saturated heterocycles. The minimum absolute atomic E-state index is 0.00901. The fraction of sp³-hybridized carbons (Fsp3) is 0.222. The number of aliphatic hydroxyl groups is 1. The van der Waals surface area contributed by atoms with Crippen LogP contribution < -0.4 is 15.8 Å². The summed E-state index contributed by atoms with van der Waals surface area (Å²) in [4.78, 5) is 22.7. The third-order valence-corrected chi connectivity index (χ3v) is 5.36. The van der Waals surface area contributed by atoms with Gasteiger partial charge in [-0.3, -0.25) is 9.59 Å². The van der Waals surface area contributed by atoms with Gasteiger partial charge >= 0.3 is 0 Å². The predicted octanol–water partition coefficient (Wildman–Crippen LogP) is -0.178. The Morgan fingerprint density at radius 2 is 1.67 bits per heavy atom. The topological polar surface area (TPSA) is 139 Å². The van der Waals surface area contributed by atoms with Gasteiger partial charge < -0.3 is 16.2 Å². The second-order valence-corrected chi connectivity index (χ2v) is 7.62. The Kier molecular flexibility index (Phi) is 6.32. The van der Waals surface area contributed by atoms with E-state index in [1.54, 1.807) is 18.2 Å². The number of primary amides is 1. The van der Waals surface area contributed by atoms with E-state index in [1.165, 1.54) is 43.3 Å². The van der Waals surface area contributed by atoms with Crippen LogP contribution in [0.4, 0.5) is 0 Å². The molecule has 0 heterocycles. The molecule has 2 amide bonds. The van der Waals surface area contributed by atoms with E-state index in [0.29, 0.717) is 0 Å². The van der Waals surface area contributed by atoms with Crippen LogP contribution >= 0.6 is 0 Å². The van der Waals surface area contributed by atoms with Crippen LogP contribution in [0.5, 0.6) is 0 Å². The number of carbonyl (C=O) groups is 2. The van der Waals surface area contributed by atoms with E-state index in [0.717, 1.165) is 0 Å². The Morgan fingerprint density at radius 1 is 1.04 bits per heavy atom. The van der Waals surface area contributed by atoms with Gasteiger partial charge in [0.25, 0.3) is 5.91 Å². The van der Waals surface area contributed by atoms with Gasteiger partial charge in [-0.2, -0.15) is 0 Å². The number of amides is 2. The van der Waals surface area contributed by atoms with Gasteiger partial charge in [-0.05, 0) is 23.3 Å². The van der Waals surface area contributed by atoms with Crippen molar-refractivity contribution in [2.75, 3.05) is 13.1 Å². The Labute approximate surface area is 157 Å². The van der Waals surface area contributed by atoms with Gasteiger partial charge in [-0.15, -0.1) is 0 Å². The summed E-state index contributed by atoms with van der Waals surface area (Å²) in [5, 5.41) is 13.4. The highest BCUT2D eigenvalue weighted by Crippen LogP contribution is 2.30. The molecule has 8 nitrogen and oxygen atoms in total. The van der Waals surface area contributed by atoms with Crippen molar-refractivity contribution in [1.29, 1.82) is 0 Å². The lowest BCUT2D eigenvalue weighted by Crippen LogP contribution is -2.42. The molecule has 0 aromatic heterocycles. The highest BCUT2D eigenvalue weighted by atomic mass is 32.2. The number of hydrogen-bond donors (Lipinski definition) is 4. The second kappa shape index (κ2) is 8.30. The zero-order chi connectivity index (χ0) is 20.1. The summed E-state index contributed by atoms with van der Waals surface area (Å²) in [6, 6.07) is 13.4. The van der Waals surface area contributed by atoms with E-state index in [9.17, 15) is 23.1 Å². The molecule has 2 aromatic rings. The van der Waals surface area contributed by atoms with Crippen LogP contribution in [0.1, 0.15) is 18.1 Å².